The minimum absolute atomic E-state index is 0.00571. The molecule has 0 aliphatic carbocycles. The lowest BCUT2D eigenvalue weighted by molar-refractivity contribution is -0.150. The van der Waals surface area contributed by atoms with E-state index in [1.54, 1.807) is 0 Å². The van der Waals surface area contributed by atoms with E-state index in [9.17, 15) is 9.59 Å². The SMILES string of the molecule is CCCCC(C)CCCCCC(CCCCCCCC/C=C\CCCCCCCC(=O)O)OC(=O)CCCN(C)C. The van der Waals surface area contributed by atoms with E-state index in [1.165, 1.54) is 103 Å². The molecular formula is C36H69NO4. The molecule has 0 saturated heterocycles. The lowest BCUT2D eigenvalue weighted by atomic mass is 9.96. The second-order valence-electron chi connectivity index (χ2n) is 12.8. The smallest absolute Gasteiger partial charge is 0.306 e. The summed E-state index contributed by atoms with van der Waals surface area (Å²) in [5.74, 6) is 0.161. The van der Waals surface area contributed by atoms with Crippen molar-refractivity contribution in [2.75, 3.05) is 20.6 Å². The zero-order valence-corrected chi connectivity index (χ0v) is 27.8. The Balaban J connectivity index is 3.95. The molecule has 0 amide bonds. The van der Waals surface area contributed by atoms with Crippen LogP contribution in [0.4, 0.5) is 0 Å². The first-order valence-electron chi connectivity index (χ1n) is 17.6. The molecule has 0 aromatic heterocycles. The van der Waals surface area contributed by atoms with Crippen LogP contribution in [0.5, 0.6) is 0 Å². The first-order chi connectivity index (χ1) is 19.8. The third-order valence-corrected chi connectivity index (χ3v) is 8.13. The highest BCUT2D eigenvalue weighted by atomic mass is 16.5. The maximum Gasteiger partial charge on any atom is 0.306 e. The molecule has 2 unspecified atom stereocenters. The van der Waals surface area contributed by atoms with Crippen molar-refractivity contribution in [3.05, 3.63) is 12.2 Å². The second-order valence-corrected chi connectivity index (χ2v) is 12.8. The summed E-state index contributed by atoms with van der Waals surface area (Å²) >= 11 is 0. The molecule has 5 heteroatoms. The third-order valence-electron chi connectivity index (χ3n) is 8.13. The number of carbonyl (C=O) groups excluding carboxylic acids is 1. The molecule has 0 aromatic rings. The topological polar surface area (TPSA) is 66.8 Å². The Kier molecular flexibility index (Phi) is 29.1. The molecule has 0 bridgehead atoms. The molecule has 5 nitrogen and oxygen atoms in total. The van der Waals surface area contributed by atoms with Gasteiger partial charge in [-0.05, 0) is 90.8 Å². The number of rotatable bonds is 31. The van der Waals surface area contributed by atoms with Gasteiger partial charge < -0.3 is 14.7 Å². The van der Waals surface area contributed by atoms with Gasteiger partial charge in [0.2, 0.25) is 0 Å². The zero-order valence-electron chi connectivity index (χ0n) is 27.8. The number of carbonyl (C=O) groups is 2. The van der Waals surface area contributed by atoms with Crippen LogP contribution in [-0.4, -0.2) is 48.7 Å². The van der Waals surface area contributed by atoms with Gasteiger partial charge in [0.1, 0.15) is 6.10 Å². The first-order valence-corrected chi connectivity index (χ1v) is 17.6. The number of ether oxygens (including phenoxy) is 1. The van der Waals surface area contributed by atoms with Crippen LogP contribution in [0.3, 0.4) is 0 Å². The third kappa shape index (κ3) is 31.4. The van der Waals surface area contributed by atoms with Gasteiger partial charge in [0, 0.05) is 12.8 Å². The fourth-order valence-electron chi connectivity index (χ4n) is 5.43. The summed E-state index contributed by atoms with van der Waals surface area (Å²) in [5, 5.41) is 8.65. The van der Waals surface area contributed by atoms with Crippen molar-refractivity contribution in [2.24, 2.45) is 5.92 Å². The largest absolute Gasteiger partial charge is 0.481 e. The van der Waals surface area contributed by atoms with Crippen molar-refractivity contribution in [2.45, 2.75) is 180 Å². The normalized spacial score (nSPS) is 13.2. The Bertz CT molecular complexity index is 619. The van der Waals surface area contributed by atoms with E-state index in [1.807, 2.05) is 14.1 Å². The van der Waals surface area contributed by atoms with Gasteiger partial charge in [0.25, 0.3) is 0 Å². The summed E-state index contributed by atoms with van der Waals surface area (Å²) in [4.78, 5) is 25.1. The number of esters is 1. The molecule has 0 spiro atoms. The van der Waals surface area contributed by atoms with Gasteiger partial charge in [-0.25, -0.2) is 0 Å². The summed E-state index contributed by atoms with van der Waals surface area (Å²) < 4.78 is 5.96. The van der Waals surface area contributed by atoms with Crippen molar-refractivity contribution >= 4 is 11.9 Å². The highest BCUT2D eigenvalue weighted by Gasteiger charge is 2.14. The van der Waals surface area contributed by atoms with Crippen molar-refractivity contribution in [3.63, 3.8) is 0 Å². The van der Waals surface area contributed by atoms with Gasteiger partial charge >= 0.3 is 11.9 Å². The van der Waals surface area contributed by atoms with Crippen molar-refractivity contribution in [3.8, 4) is 0 Å². The highest BCUT2D eigenvalue weighted by molar-refractivity contribution is 5.69. The van der Waals surface area contributed by atoms with Gasteiger partial charge in [-0.15, -0.1) is 0 Å². The molecule has 0 aromatic carbocycles. The predicted molar refractivity (Wildman–Crippen MR) is 175 cm³/mol. The minimum atomic E-state index is -0.676. The van der Waals surface area contributed by atoms with Crippen molar-refractivity contribution in [1.29, 1.82) is 0 Å². The molecule has 0 radical (unpaired) electrons. The van der Waals surface area contributed by atoms with Gasteiger partial charge in [-0.2, -0.15) is 0 Å². The van der Waals surface area contributed by atoms with Gasteiger partial charge in [0.15, 0.2) is 0 Å². The molecule has 41 heavy (non-hydrogen) atoms. The van der Waals surface area contributed by atoms with Crippen LogP contribution in [0.25, 0.3) is 0 Å². The maximum atomic E-state index is 12.4. The Morgan fingerprint density at radius 2 is 1.15 bits per heavy atom. The average Bonchev–Trinajstić information content (AvgIpc) is 2.92. The molecule has 0 rings (SSSR count). The number of allylic oxidation sites excluding steroid dienone is 2. The number of carboxylic acids is 1. The molecule has 0 aliphatic heterocycles. The molecule has 0 aliphatic rings. The van der Waals surface area contributed by atoms with Crippen LogP contribution in [-0.2, 0) is 14.3 Å². The number of nitrogens with zero attached hydrogens (tertiary/aromatic N) is 1. The van der Waals surface area contributed by atoms with Crippen LogP contribution in [0, 0.1) is 5.92 Å². The number of hydrogen-bond donors (Lipinski definition) is 1. The van der Waals surface area contributed by atoms with Gasteiger partial charge in [0.05, 0.1) is 0 Å². The van der Waals surface area contributed by atoms with Crippen LogP contribution in [0.1, 0.15) is 174 Å². The summed E-state index contributed by atoms with van der Waals surface area (Å²) in [7, 11) is 4.10. The molecule has 1 N–H and O–H groups in total. The van der Waals surface area contributed by atoms with Crippen LogP contribution >= 0.6 is 0 Å². The first kappa shape index (κ1) is 39.6. The fraction of sp³-hybridized carbons (Fsp3) is 0.889. The number of aliphatic carboxylic acids is 1. The van der Waals surface area contributed by atoms with Crippen LogP contribution < -0.4 is 0 Å². The number of unbranched alkanes of at least 4 members (excludes halogenated alkanes) is 14. The summed E-state index contributed by atoms with van der Waals surface area (Å²) in [6.07, 6.45) is 33.0. The quantitative estimate of drug-likeness (QED) is 0.0502. The van der Waals surface area contributed by atoms with E-state index >= 15 is 0 Å². The average molecular weight is 580 g/mol. The highest BCUT2D eigenvalue weighted by Crippen LogP contribution is 2.20. The minimum Gasteiger partial charge on any atom is -0.481 e. The summed E-state index contributed by atoms with van der Waals surface area (Å²) in [5.41, 5.74) is 0. The van der Waals surface area contributed by atoms with Crippen molar-refractivity contribution < 1.29 is 19.4 Å². The lowest BCUT2D eigenvalue weighted by Gasteiger charge is -2.19. The Morgan fingerprint density at radius 3 is 1.71 bits per heavy atom. The van der Waals surface area contributed by atoms with E-state index in [0.717, 1.165) is 57.4 Å². The molecule has 0 heterocycles. The van der Waals surface area contributed by atoms with Crippen LogP contribution in [0.15, 0.2) is 12.2 Å². The molecule has 0 fully saturated rings. The standard InChI is InChI=1S/C36H69NO4/c1-5-6-26-33(2)27-21-20-23-29-34(41-36(40)31-25-32-37(3)4)28-22-18-16-14-12-10-8-7-9-11-13-15-17-19-24-30-35(38)39/h7,9,33-34H,5-6,8,10-32H2,1-4H3,(H,38,39)/b9-7-. The van der Waals surface area contributed by atoms with Crippen LogP contribution in [0.2, 0.25) is 0 Å². The Hall–Kier alpha value is -1.36. The van der Waals surface area contributed by atoms with Gasteiger partial charge in [-0.1, -0.05) is 109 Å². The predicted octanol–water partition coefficient (Wildman–Crippen LogP) is 10.5. The van der Waals surface area contributed by atoms with Gasteiger partial charge in [-0.3, -0.25) is 9.59 Å². The lowest BCUT2D eigenvalue weighted by Crippen LogP contribution is -2.20. The monoisotopic (exact) mass is 580 g/mol. The summed E-state index contributed by atoms with van der Waals surface area (Å²) in [6.45, 7) is 5.60. The zero-order chi connectivity index (χ0) is 30.4. The number of hydrogen-bond acceptors (Lipinski definition) is 4. The van der Waals surface area contributed by atoms with E-state index in [2.05, 4.69) is 30.9 Å². The van der Waals surface area contributed by atoms with E-state index in [4.69, 9.17) is 9.84 Å². The molecule has 2 atom stereocenters. The molecule has 242 valence electrons. The molecular weight excluding hydrogens is 510 g/mol. The Labute approximate surface area is 255 Å². The van der Waals surface area contributed by atoms with Crippen molar-refractivity contribution in [1.82, 2.24) is 4.90 Å². The fourth-order valence-corrected chi connectivity index (χ4v) is 5.43. The van der Waals surface area contributed by atoms with E-state index in [-0.39, 0.29) is 12.1 Å². The Morgan fingerprint density at radius 1 is 0.659 bits per heavy atom. The second kappa shape index (κ2) is 30.1. The summed E-state index contributed by atoms with van der Waals surface area (Å²) in [6, 6.07) is 0. The maximum absolute atomic E-state index is 12.4. The number of carboxylic acid groups (broad SMARTS) is 1. The van der Waals surface area contributed by atoms with E-state index < -0.39 is 5.97 Å². The van der Waals surface area contributed by atoms with E-state index in [0.29, 0.717) is 12.8 Å². The molecule has 0 saturated carbocycles.